The summed E-state index contributed by atoms with van der Waals surface area (Å²) in [5.74, 6) is 0. The second-order valence-corrected chi connectivity index (χ2v) is 6.34. The molecule has 0 saturated carbocycles. The number of urea groups is 1. The lowest BCUT2D eigenvalue weighted by Gasteiger charge is -2.13. The topological polar surface area (TPSA) is 61.4 Å². The summed E-state index contributed by atoms with van der Waals surface area (Å²) in [6.45, 7) is 0.691. The van der Waals surface area contributed by atoms with Crippen LogP contribution in [0.25, 0.3) is 0 Å². The highest BCUT2D eigenvalue weighted by Gasteiger charge is 2.09. The monoisotopic (exact) mass is 322 g/mol. The summed E-state index contributed by atoms with van der Waals surface area (Å²) in [6.07, 6.45) is 1.30. The lowest BCUT2D eigenvalue weighted by atomic mass is 10.1. The van der Waals surface area contributed by atoms with Crippen molar-refractivity contribution in [1.29, 1.82) is 0 Å². The highest BCUT2D eigenvalue weighted by Crippen LogP contribution is 2.18. The van der Waals surface area contributed by atoms with Crippen LogP contribution in [0.2, 0.25) is 0 Å². The number of thioether (sulfide) groups is 1. The molecular formula is C15H18N2O2S2. The summed E-state index contributed by atoms with van der Waals surface area (Å²) in [6, 6.07) is 11.3. The van der Waals surface area contributed by atoms with Gasteiger partial charge in [0.25, 0.3) is 0 Å². The van der Waals surface area contributed by atoms with Crippen molar-refractivity contribution in [3.8, 4) is 0 Å². The molecule has 1 aromatic heterocycles. The molecule has 1 unspecified atom stereocenters. The average Bonchev–Trinajstić information content (AvgIpc) is 3.04. The fraction of sp³-hybridized carbons (Fsp3) is 0.267. The van der Waals surface area contributed by atoms with E-state index in [1.807, 2.05) is 48.0 Å². The van der Waals surface area contributed by atoms with Crippen LogP contribution in [0.4, 0.5) is 4.79 Å². The number of aliphatic hydroxyl groups is 1. The summed E-state index contributed by atoms with van der Waals surface area (Å²) < 4.78 is 0. The first-order valence-electron chi connectivity index (χ1n) is 6.55. The Morgan fingerprint density at radius 2 is 2.05 bits per heavy atom. The van der Waals surface area contributed by atoms with Crippen LogP contribution in [0.3, 0.4) is 0 Å². The molecule has 0 bridgehead atoms. The van der Waals surface area contributed by atoms with Crippen LogP contribution in [0, 0.1) is 0 Å². The number of carbonyl (C=O) groups excluding carboxylic acids is 1. The van der Waals surface area contributed by atoms with E-state index in [1.165, 1.54) is 0 Å². The number of benzene rings is 1. The molecule has 6 heteroatoms. The Kier molecular flexibility index (Phi) is 6.10. The number of amides is 2. The standard InChI is InChI=1S/C15H18N2O2S2/c1-20-12-6-4-11(5-7-12)14(18)10-17-15(19)16-9-13-3-2-8-21-13/h2-8,14,18H,9-10H2,1H3,(H2,16,17,19). The molecule has 0 radical (unpaired) electrons. The Morgan fingerprint density at radius 3 is 2.67 bits per heavy atom. The molecule has 2 aromatic rings. The van der Waals surface area contributed by atoms with Gasteiger partial charge in [-0.25, -0.2) is 4.79 Å². The SMILES string of the molecule is CSc1ccc(C(O)CNC(=O)NCc2cccs2)cc1. The van der Waals surface area contributed by atoms with E-state index < -0.39 is 6.10 Å². The first-order chi connectivity index (χ1) is 10.2. The highest BCUT2D eigenvalue weighted by atomic mass is 32.2. The van der Waals surface area contributed by atoms with Crippen LogP contribution in [-0.2, 0) is 6.54 Å². The number of hydrogen-bond donors (Lipinski definition) is 3. The quantitative estimate of drug-likeness (QED) is 0.717. The largest absolute Gasteiger partial charge is 0.387 e. The number of carbonyl (C=O) groups is 1. The molecule has 2 rings (SSSR count). The maximum Gasteiger partial charge on any atom is 0.315 e. The van der Waals surface area contributed by atoms with E-state index in [-0.39, 0.29) is 12.6 Å². The van der Waals surface area contributed by atoms with Crippen molar-refractivity contribution >= 4 is 29.1 Å². The molecule has 0 saturated heterocycles. The third kappa shape index (κ3) is 5.08. The van der Waals surface area contributed by atoms with E-state index in [9.17, 15) is 9.90 Å². The molecule has 3 N–H and O–H groups in total. The van der Waals surface area contributed by atoms with E-state index in [2.05, 4.69) is 10.6 Å². The Bertz CT molecular complexity index is 556. The lowest BCUT2D eigenvalue weighted by molar-refractivity contribution is 0.173. The van der Waals surface area contributed by atoms with Gasteiger partial charge in [-0.1, -0.05) is 18.2 Å². The predicted molar refractivity (Wildman–Crippen MR) is 87.7 cm³/mol. The van der Waals surface area contributed by atoms with Gasteiger partial charge in [0.2, 0.25) is 0 Å². The molecule has 112 valence electrons. The van der Waals surface area contributed by atoms with Gasteiger partial charge in [0, 0.05) is 16.3 Å². The van der Waals surface area contributed by atoms with E-state index in [4.69, 9.17) is 0 Å². The zero-order valence-electron chi connectivity index (χ0n) is 11.7. The number of nitrogens with one attached hydrogen (secondary N) is 2. The molecule has 1 heterocycles. The van der Waals surface area contributed by atoms with Crippen molar-refractivity contribution in [1.82, 2.24) is 10.6 Å². The summed E-state index contributed by atoms with van der Waals surface area (Å²) in [7, 11) is 0. The van der Waals surface area contributed by atoms with Crippen LogP contribution < -0.4 is 10.6 Å². The zero-order chi connectivity index (χ0) is 15.1. The Morgan fingerprint density at radius 1 is 1.29 bits per heavy atom. The molecule has 0 aliphatic carbocycles. The van der Waals surface area contributed by atoms with Gasteiger partial charge in [-0.15, -0.1) is 23.1 Å². The predicted octanol–water partition coefficient (Wildman–Crippen LogP) is 3.00. The van der Waals surface area contributed by atoms with Gasteiger partial charge in [-0.3, -0.25) is 0 Å². The Labute approximate surface area is 132 Å². The molecule has 21 heavy (non-hydrogen) atoms. The highest BCUT2D eigenvalue weighted by molar-refractivity contribution is 7.98. The minimum atomic E-state index is -0.701. The van der Waals surface area contributed by atoms with E-state index in [1.54, 1.807) is 23.1 Å². The Hall–Kier alpha value is -1.50. The van der Waals surface area contributed by atoms with Crippen LogP contribution in [0.5, 0.6) is 0 Å². The van der Waals surface area contributed by atoms with Crippen LogP contribution in [0.1, 0.15) is 16.5 Å². The first kappa shape index (κ1) is 15.9. The van der Waals surface area contributed by atoms with Gasteiger partial charge in [0.15, 0.2) is 0 Å². The summed E-state index contributed by atoms with van der Waals surface area (Å²) >= 11 is 3.25. The number of rotatable bonds is 6. The second-order valence-electron chi connectivity index (χ2n) is 4.43. The van der Waals surface area contributed by atoms with Gasteiger partial charge in [0.05, 0.1) is 12.6 Å². The molecule has 0 aliphatic rings. The third-order valence-corrected chi connectivity index (χ3v) is 4.58. The fourth-order valence-corrected chi connectivity index (χ4v) is 2.83. The van der Waals surface area contributed by atoms with Crippen molar-refractivity contribution in [3.63, 3.8) is 0 Å². The van der Waals surface area contributed by atoms with E-state index in [0.717, 1.165) is 15.3 Å². The third-order valence-electron chi connectivity index (χ3n) is 2.96. The van der Waals surface area contributed by atoms with E-state index in [0.29, 0.717) is 6.54 Å². The number of aliphatic hydroxyl groups excluding tert-OH is 1. The average molecular weight is 322 g/mol. The van der Waals surface area contributed by atoms with Gasteiger partial charge < -0.3 is 15.7 Å². The van der Waals surface area contributed by atoms with Gasteiger partial charge in [-0.05, 0) is 35.4 Å². The summed E-state index contributed by atoms with van der Waals surface area (Å²) in [5.41, 5.74) is 0.798. The van der Waals surface area contributed by atoms with Crippen molar-refractivity contribution in [3.05, 3.63) is 52.2 Å². The molecular weight excluding hydrogens is 304 g/mol. The van der Waals surface area contributed by atoms with Crippen LogP contribution in [-0.4, -0.2) is 23.9 Å². The molecule has 1 atom stereocenters. The van der Waals surface area contributed by atoms with Gasteiger partial charge >= 0.3 is 6.03 Å². The number of hydrogen-bond acceptors (Lipinski definition) is 4. The molecule has 0 spiro atoms. The maximum absolute atomic E-state index is 11.6. The van der Waals surface area contributed by atoms with Crippen molar-refractivity contribution in [2.45, 2.75) is 17.5 Å². The molecule has 4 nitrogen and oxygen atoms in total. The minimum Gasteiger partial charge on any atom is -0.387 e. The van der Waals surface area contributed by atoms with Crippen molar-refractivity contribution < 1.29 is 9.90 Å². The van der Waals surface area contributed by atoms with Crippen LogP contribution >= 0.6 is 23.1 Å². The van der Waals surface area contributed by atoms with E-state index >= 15 is 0 Å². The normalized spacial score (nSPS) is 11.9. The lowest BCUT2D eigenvalue weighted by Crippen LogP contribution is -2.37. The van der Waals surface area contributed by atoms with Gasteiger partial charge in [0.1, 0.15) is 0 Å². The second kappa shape index (κ2) is 8.07. The fourth-order valence-electron chi connectivity index (χ4n) is 1.78. The molecule has 2 amide bonds. The molecule has 1 aromatic carbocycles. The summed E-state index contributed by atoms with van der Waals surface area (Å²) in [4.78, 5) is 13.9. The van der Waals surface area contributed by atoms with Gasteiger partial charge in [-0.2, -0.15) is 0 Å². The van der Waals surface area contributed by atoms with Crippen molar-refractivity contribution in [2.24, 2.45) is 0 Å². The number of thiophene rings is 1. The first-order valence-corrected chi connectivity index (χ1v) is 8.65. The Balaban J connectivity index is 1.74. The zero-order valence-corrected chi connectivity index (χ0v) is 13.3. The minimum absolute atomic E-state index is 0.189. The maximum atomic E-state index is 11.6. The smallest absolute Gasteiger partial charge is 0.315 e. The molecule has 0 fully saturated rings. The molecule has 0 aliphatic heterocycles. The van der Waals surface area contributed by atoms with Crippen LogP contribution in [0.15, 0.2) is 46.7 Å². The summed E-state index contributed by atoms with van der Waals surface area (Å²) in [5, 5.41) is 17.4. The van der Waals surface area contributed by atoms with Crippen molar-refractivity contribution in [2.75, 3.05) is 12.8 Å².